The van der Waals surface area contributed by atoms with Crippen molar-refractivity contribution in [3.05, 3.63) is 58.7 Å². The lowest BCUT2D eigenvalue weighted by molar-refractivity contribution is 0.0694. The molecule has 0 atom stereocenters. The fourth-order valence-corrected chi connectivity index (χ4v) is 2.93. The molecule has 2 aromatic rings. The molecular weight excluding hydrogens is 276 g/mol. The first-order valence-electron chi connectivity index (χ1n) is 7.70. The predicted octanol–water partition coefficient (Wildman–Crippen LogP) is 4.67. The summed E-state index contributed by atoms with van der Waals surface area (Å²) in [5.74, 6) is 1.18. The Morgan fingerprint density at radius 2 is 1.95 bits per heavy atom. The largest absolute Gasteiger partial charge is 0.478 e. The fraction of sp³-hybridized carbons (Fsp3) is 0.316. The number of carboxylic acids is 1. The first-order valence-corrected chi connectivity index (χ1v) is 7.70. The Morgan fingerprint density at radius 1 is 1.18 bits per heavy atom. The van der Waals surface area contributed by atoms with Gasteiger partial charge in [0, 0.05) is 12.0 Å². The number of hydrogen-bond donors (Lipinski definition) is 1. The number of fused-ring (bicyclic) bond motifs is 2. The van der Waals surface area contributed by atoms with E-state index in [1.54, 1.807) is 0 Å². The summed E-state index contributed by atoms with van der Waals surface area (Å²) in [6.45, 7) is 4.30. The van der Waals surface area contributed by atoms with Crippen molar-refractivity contribution in [2.75, 3.05) is 0 Å². The molecule has 0 bridgehead atoms. The van der Waals surface area contributed by atoms with Gasteiger partial charge in [0.15, 0.2) is 0 Å². The lowest BCUT2D eigenvalue weighted by Gasteiger charge is -2.23. The SMILES string of the molecule is CC(C)CCc1ccc2c(c1C(=O)O)Cc1ccccc1O2. The van der Waals surface area contributed by atoms with Crippen LogP contribution in [0.2, 0.25) is 0 Å². The first-order chi connectivity index (χ1) is 10.6. The van der Waals surface area contributed by atoms with Crippen molar-refractivity contribution in [1.82, 2.24) is 0 Å². The van der Waals surface area contributed by atoms with Crippen molar-refractivity contribution in [2.45, 2.75) is 33.1 Å². The Bertz CT molecular complexity index is 717. The molecule has 0 radical (unpaired) electrons. The second kappa shape index (κ2) is 5.84. The molecule has 0 spiro atoms. The summed E-state index contributed by atoms with van der Waals surface area (Å²) in [6, 6.07) is 11.6. The van der Waals surface area contributed by atoms with Crippen LogP contribution < -0.4 is 4.74 Å². The lowest BCUT2D eigenvalue weighted by Crippen LogP contribution is -2.13. The number of aromatic carboxylic acids is 1. The maximum absolute atomic E-state index is 11.8. The first kappa shape index (κ1) is 14.6. The van der Waals surface area contributed by atoms with E-state index in [0.717, 1.165) is 35.3 Å². The highest BCUT2D eigenvalue weighted by Gasteiger charge is 2.24. The van der Waals surface area contributed by atoms with Crippen LogP contribution >= 0.6 is 0 Å². The van der Waals surface area contributed by atoms with Crippen molar-refractivity contribution in [1.29, 1.82) is 0 Å². The Morgan fingerprint density at radius 3 is 2.68 bits per heavy atom. The van der Waals surface area contributed by atoms with Crippen molar-refractivity contribution in [3.8, 4) is 11.5 Å². The smallest absolute Gasteiger partial charge is 0.336 e. The van der Waals surface area contributed by atoms with Gasteiger partial charge in [-0.2, -0.15) is 0 Å². The molecule has 1 aliphatic rings. The molecule has 1 heterocycles. The Hall–Kier alpha value is -2.29. The van der Waals surface area contributed by atoms with Gasteiger partial charge in [0.2, 0.25) is 0 Å². The summed E-state index contributed by atoms with van der Waals surface area (Å²) >= 11 is 0. The van der Waals surface area contributed by atoms with Crippen LogP contribution in [-0.4, -0.2) is 11.1 Å². The summed E-state index contributed by atoms with van der Waals surface area (Å²) in [7, 11) is 0. The summed E-state index contributed by atoms with van der Waals surface area (Å²) in [5.41, 5.74) is 3.17. The highest BCUT2D eigenvalue weighted by Crippen LogP contribution is 2.39. The van der Waals surface area contributed by atoms with Crippen LogP contribution in [0.15, 0.2) is 36.4 Å². The molecule has 3 rings (SSSR count). The molecule has 0 unspecified atom stereocenters. The van der Waals surface area contributed by atoms with Crippen molar-refractivity contribution in [2.24, 2.45) is 5.92 Å². The molecule has 0 saturated carbocycles. The topological polar surface area (TPSA) is 46.5 Å². The Balaban J connectivity index is 2.03. The standard InChI is InChI=1S/C19H20O3/c1-12(2)7-8-13-9-10-17-15(18(13)19(20)21)11-14-5-3-4-6-16(14)22-17/h3-6,9-10,12H,7-8,11H2,1-2H3,(H,20,21). The summed E-state index contributed by atoms with van der Waals surface area (Å²) < 4.78 is 5.89. The van der Waals surface area contributed by atoms with E-state index in [1.165, 1.54) is 0 Å². The number of para-hydroxylation sites is 1. The molecule has 22 heavy (non-hydrogen) atoms. The third kappa shape index (κ3) is 2.71. The van der Waals surface area contributed by atoms with Gasteiger partial charge in [0.1, 0.15) is 11.5 Å². The number of rotatable bonds is 4. The van der Waals surface area contributed by atoms with Gasteiger partial charge in [-0.1, -0.05) is 38.1 Å². The fourth-order valence-electron chi connectivity index (χ4n) is 2.93. The molecule has 0 fully saturated rings. The molecule has 0 amide bonds. The quantitative estimate of drug-likeness (QED) is 0.761. The minimum Gasteiger partial charge on any atom is -0.478 e. The van der Waals surface area contributed by atoms with Gasteiger partial charge >= 0.3 is 5.97 Å². The molecule has 3 nitrogen and oxygen atoms in total. The number of carboxylic acid groups (broad SMARTS) is 1. The maximum Gasteiger partial charge on any atom is 0.336 e. The number of benzene rings is 2. The zero-order chi connectivity index (χ0) is 15.7. The normalized spacial score (nSPS) is 12.5. The van der Waals surface area contributed by atoms with Crippen LogP contribution in [0.5, 0.6) is 11.5 Å². The van der Waals surface area contributed by atoms with Gasteiger partial charge in [-0.25, -0.2) is 4.79 Å². The monoisotopic (exact) mass is 296 g/mol. The molecule has 0 aromatic heterocycles. The van der Waals surface area contributed by atoms with Crippen LogP contribution in [-0.2, 0) is 12.8 Å². The Kier molecular flexibility index (Phi) is 3.88. The van der Waals surface area contributed by atoms with E-state index in [0.29, 0.717) is 23.7 Å². The van der Waals surface area contributed by atoms with E-state index < -0.39 is 5.97 Å². The summed E-state index contributed by atoms with van der Waals surface area (Å²) in [4.78, 5) is 11.8. The number of carbonyl (C=O) groups is 1. The molecule has 2 aromatic carbocycles. The Labute approximate surface area is 130 Å². The van der Waals surface area contributed by atoms with Gasteiger partial charge in [-0.15, -0.1) is 0 Å². The predicted molar refractivity (Wildman–Crippen MR) is 85.9 cm³/mol. The second-order valence-corrected chi connectivity index (χ2v) is 6.20. The zero-order valence-electron chi connectivity index (χ0n) is 12.9. The molecule has 0 saturated heterocycles. The van der Waals surface area contributed by atoms with Gasteiger partial charge < -0.3 is 9.84 Å². The zero-order valence-corrected chi connectivity index (χ0v) is 12.9. The van der Waals surface area contributed by atoms with E-state index in [4.69, 9.17) is 4.74 Å². The molecule has 1 N–H and O–H groups in total. The van der Waals surface area contributed by atoms with Crippen LogP contribution in [0.1, 0.15) is 47.3 Å². The molecule has 0 aliphatic carbocycles. The van der Waals surface area contributed by atoms with Crippen LogP contribution in [0.25, 0.3) is 0 Å². The van der Waals surface area contributed by atoms with Crippen LogP contribution in [0.3, 0.4) is 0 Å². The van der Waals surface area contributed by atoms with Gasteiger partial charge in [-0.05, 0) is 42.0 Å². The van der Waals surface area contributed by atoms with Crippen molar-refractivity contribution < 1.29 is 14.6 Å². The van der Waals surface area contributed by atoms with Gasteiger partial charge in [0.05, 0.1) is 5.56 Å². The molecular formula is C19H20O3. The lowest BCUT2D eigenvalue weighted by atomic mass is 9.90. The average molecular weight is 296 g/mol. The summed E-state index contributed by atoms with van der Waals surface area (Å²) in [5, 5.41) is 9.68. The molecule has 3 heteroatoms. The van der Waals surface area contributed by atoms with Crippen molar-refractivity contribution >= 4 is 5.97 Å². The number of aryl methyl sites for hydroxylation is 1. The highest BCUT2D eigenvalue weighted by atomic mass is 16.5. The van der Waals surface area contributed by atoms with E-state index in [9.17, 15) is 9.90 Å². The number of ether oxygens (including phenoxy) is 1. The minimum absolute atomic E-state index is 0.424. The van der Waals surface area contributed by atoms with Gasteiger partial charge in [0.25, 0.3) is 0 Å². The second-order valence-electron chi connectivity index (χ2n) is 6.20. The summed E-state index contributed by atoms with van der Waals surface area (Å²) in [6.07, 6.45) is 2.38. The average Bonchev–Trinajstić information content (AvgIpc) is 2.49. The molecule has 114 valence electrons. The van der Waals surface area contributed by atoms with Crippen LogP contribution in [0, 0.1) is 5.92 Å². The van der Waals surface area contributed by atoms with Crippen LogP contribution in [0.4, 0.5) is 0 Å². The minimum atomic E-state index is -0.862. The number of hydrogen-bond acceptors (Lipinski definition) is 2. The molecule has 1 aliphatic heterocycles. The highest BCUT2D eigenvalue weighted by molar-refractivity contribution is 5.92. The third-order valence-electron chi connectivity index (χ3n) is 4.12. The third-order valence-corrected chi connectivity index (χ3v) is 4.12. The van der Waals surface area contributed by atoms with Crippen molar-refractivity contribution in [3.63, 3.8) is 0 Å². The van der Waals surface area contributed by atoms with E-state index in [2.05, 4.69) is 13.8 Å². The van der Waals surface area contributed by atoms with E-state index in [-0.39, 0.29) is 0 Å². The maximum atomic E-state index is 11.8. The van der Waals surface area contributed by atoms with E-state index in [1.807, 2.05) is 36.4 Å². The van der Waals surface area contributed by atoms with Gasteiger partial charge in [-0.3, -0.25) is 0 Å². The van der Waals surface area contributed by atoms with E-state index >= 15 is 0 Å².